The summed E-state index contributed by atoms with van der Waals surface area (Å²) in [6, 6.07) is 14.0. The highest BCUT2D eigenvalue weighted by Crippen LogP contribution is 2.38. The van der Waals surface area contributed by atoms with Gasteiger partial charge in [0.2, 0.25) is 0 Å². The van der Waals surface area contributed by atoms with E-state index in [1.807, 2.05) is 30.3 Å². The molecule has 0 bridgehead atoms. The Morgan fingerprint density at radius 3 is 2.50 bits per heavy atom. The second-order valence-corrected chi connectivity index (χ2v) is 9.68. The first-order chi connectivity index (χ1) is 17.4. The van der Waals surface area contributed by atoms with Crippen molar-refractivity contribution in [3.05, 3.63) is 82.6 Å². The lowest BCUT2D eigenvalue weighted by molar-refractivity contribution is 0.0941. The molecule has 2 aromatic carbocycles. The first-order valence-electron chi connectivity index (χ1n) is 12.1. The van der Waals surface area contributed by atoms with E-state index in [0.717, 1.165) is 48.0 Å². The summed E-state index contributed by atoms with van der Waals surface area (Å²) in [5.41, 5.74) is 3.41. The summed E-state index contributed by atoms with van der Waals surface area (Å²) < 4.78 is 18.9. The molecule has 2 N–H and O–H groups in total. The van der Waals surface area contributed by atoms with E-state index in [4.69, 9.17) is 21.4 Å². The molecule has 0 unspecified atom stereocenters. The maximum Gasteiger partial charge on any atom is 0.159 e. The van der Waals surface area contributed by atoms with Crippen molar-refractivity contribution in [3.8, 4) is 5.75 Å². The van der Waals surface area contributed by atoms with Crippen molar-refractivity contribution in [1.29, 1.82) is 0 Å². The number of aromatic nitrogens is 2. The third-order valence-electron chi connectivity index (χ3n) is 6.38. The number of rotatable bonds is 9. The Morgan fingerprint density at radius 1 is 1.11 bits per heavy atom. The number of halogens is 2. The Hall–Kier alpha value is -2.78. The zero-order valence-corrected chi connectivity index (χ0v) is 21.3. The van der Waals surface area contributed by atoms with Gasteiger partial charge in [0.25, 0.3) is 0 Å². The van der Waals surface area contributed by atoms with E-state index in [-0.39, 0.29) is 31.0 Å². The van der Waals surface area contributed by atoms with Gasteiger partial charge in [0.05, 0.1) is 25.0 Å². The highest BCUT2D eigenvalue weighted by molar-refractivity contribution is 6.30. The normalized spacial score (nSPS) is 17.4. The maximum absolute atomic E-state index is 13.2. The van der Waals surface area contributed by atoms with Crippen LogP contribution in [0.3, 0.4) is 0 Å². The molecule has 4 rings (SSSR count). The van der Waals surface area contributed by atoms with Crippen molar-refractivity contribution in [2.75, 3.05) is 44.3 Å². The number of ether oxygens (including phenoxy) is 1. The van der Waals surface area contributed by atoms with Crippen LogP contribution in [0.5, 0.6) is 5.75 Å². The van der Waals surface area contributed by atoms with E-state index < -0.39 is 11.9 Å². The second kappa shape index (κ2) is 12.0. The zero-order valence-electron chi connectivity index (χ0n) is 20.5. The first-order valence-corrected chi connectivity index (χ1v) is 12.5. The molecule has 3 aromatic rings. The van der Waals surface area contributed by atoms with E-state index in [9.17, 15) is 9.50 Å². The fourth-order valence-electron chi connectivity index (χ4n) is 4.59. The minimum Gasteiger partial charge on any atom is -0.491 e. The van der Waals surface area contributed by atoms with E-state index >= 15 is 0 Å². The summed E-state index contributed by atoms with van der Waals surface area (Å²) >= 11 is 6.18. The highest BCUT2D eigenvalue weighted by Gasteiger charge is 2.31. The van der Waals surface area contributed by atoms with Gasteiger partial charge in [-0.05, 0) is 47.4 Å². The molecule has 1 fully saturated rings. The Bertz CT molecular complexity index is 1130. The monoisotopic (exact) mass is 514 g/mol. The predicted molar refractivity (Wildman–Crippen MR) is 138 cm³/mol. The largest absolute Gasteiger partial charge is 0.491 e. The molecule has 0 radical (unpaired) electrons. The molecule has 192 valence electrons. The van der Waals surface area contributed by atoms with Gasteiger partial charge >= 0.3 is 0 Å². The summed E-state index contributed by atoms with van der Waals surface area (Å²) in [5, 5.41) is 20.5. The van der Waals surface area contributed by atoms with Crippen LogP contribution in [0.2, 0.25) is 5.02 Å². The number of nitrogens with zero attached hydrogens (tertiary/aromatic N) is 4. The van der Waals surface area contributed by atoms with E-state index in [2.05, 4.69) is 45.7 Å². The molecule has 0 spiro atoms. The van der Waals surface area contributed by atoms with Gasteiger partial charge in [-0.15, -0.1) is 0 Å². The standard InChI is InChI=1S/C27H32ClFN4O3/c1-18(2)23-13-22(36-12-11-34)7-8-24(23)33-10-9-32(16-25(33)19-3-5-20(28)6-4-19)17-26(35)27-30-14-21(29)15-31-27/h3-8,13-15,18,25-26,34-35H,9-12,16-17H2,1-2H3/t25-,26+/m0/s1. The van der Waals surface area contributed by atoms with Crippen LogP contribution in [-0.2, 0) is 0 Å². The van der Waals surface area contributed by atoms with Crippen LogP contribution in [0.15, 0.2) is 54.9 Å². The molecule has 1 saturated heterocycles. The zero-order chi connectivity index (χ0) is 25.7. The quantitative estimate of drug-likeness (QED) is 0.439. The highest BCUT2D eigenvalue weighted by atomic mass is 35.5. The predicted octanol–water partition coefficient (Wildman–Crippen LogP) is 4.36. The van der Waals surface area contributed by atoms with Crippen molar-refractivity contribution in [3.63, 3.8) is 0 Å². The summed E-state index contributed by atoms with van der Waals surface area (Å²) in [6.45, 7) is 7.00. The van der Waals surface area contributed by atoms with Crippen LogP contribution < -0.4 is 9.64 Å². The Kier molecular flexibility index (Phi) is 8.74. The molecular formula is C27H32ClFN4O3. The lowest BCUT2D eigenvalue weighted by atomic mass is 9.95. The van der Waals surface area contributed by atoms with Crippen molar-refractivity contribution in [2.45, 2.75) is 31.9 Å². The average Bonchev–Trinajstić information content (AvgIpc) is 2.88. The molecule has 9 heteroatoms. The van der Waals surface area contributed by atoms with E-state index in [0.29, 0.717) is 18.1 Å². The van der Waals surface area contributed by atoms with Gasteiger partial charge in [-0.25, -0.2) is 14.4 Å². The summed E-state index contributed by atoms with van der Waals surface area (Å²) in [7, 11) is 0. The summed E-state index contributed by atoms with van der Waals surface area (Å²) in [6.07, 6.45) is 1.22. The van der Waals surface area contributed by atoms with Crippen LogP contribution in [-0.4, -0.2) is 64.5 Å². The maximum atomic E-state index is 13.2. The van der Waals surface area contributed by atoms with E-state index in [1.54, 1.807) is 0 Å². The van der Waals surface area contributed by atoms with Gasteiger partial charge in [-0.1, -0.05) is 37.6 Å². The third-order valence-corrected chi connectivity index (χ3v) is 6.63. The molecule has 1 aliphatic rings. The van der Waals surface area contributed by atoms with Crippen molar-refractivity contribution in [1.82, 2.24) is 14.9 Å². The molecule has 2 atom stereocenters. The topological polar surface area (TPSA) is 82.0 Å². The molecular weight excluding hydrogens is 483 g/mol. The molecule has 1 aromatic heterocycles. The average molecular weight is 515 g/mol. The van der Waals surface area contributed by atoms with Crippen LogP contribution in [0, 0.1) is 5.82 Å². The third kappa shape index (κ3) is 6.31. The van der Waals surface area contributed by atoms with Gasteiger partial charge in [0.1, 0.15) is 18.5 Å². The van der Waals surface area contributed by atoms with Crippen LogP contribution >= 0.6 is 11.6 Å². The number of aliphatic hydroxyl groups excluding tert-OH is 2. The van der Waals surface area contributed by atoms with Gasteiger partial charge in [-0.3, -0.25) is 4.90 Å². The number of benzene rings is 2. The number of piperazine rings is 1. The number of anilines is 1. The molecule has 36 heavy (non-hydrogen) atoms. The van der Waals surface area contributed by atoms with Gasteiger partial charge in [0.15, 0.2) is 11.6 Å². The Morgan fingerprint density at radius 2 is 1.83 bits per heavy atom. The minimum atomic E-state index is -0.919. The Labute approximate surface area is 216 Å². The number of β-amino-alcohol motifs (C(OH)–C–C–N with tert-alkyl or cyclic N) is 1. The fraction of sp³-hybridized carbons (Fsp3) is 0.407. The summed E-state index contributed by atoms with van der Waals surface area (Å²) in [4.78, 5) is 12.5. The van der Waals surface area contributed by atoms with Crippen LogP contribution in [0.4, 0.5) is 10.1 Å². The van der Waals surface area contributed by atoms with Crippen LogP contribution in [0.25, 0.3) is 0 Å². The lowest BCUT2D eigenvalue weighted by Crippen LogP contribution is -2.50. The molecule has 7 nitrogen and oxygen atoms in total. The van der Waals surface area contributed by atoms with Crippen LogP contribution in [0.1, 0.15) is 48.9 Å². The van der Waals surface area contributed by atoms with E-state index in [1.165, 1.54) is 0 Å². The van der Waals surface area contributed by atoms with Crippen molar-refractivity contribution < 1.29 is 19.3 Å². The van der Waals surface area contributed by atoms with Crippen molar-refractivity contribution in [2.24, 2.45) is 0 Å². The summed E-state index contributed by atoms with van der Waals surface area (Å²) in [5.74, 6) is 0.679. The van der Waals surface area contributed by atoms with Gasteiger partial charge in [0, 0.05) is 36.9 Å². The van der Waals surface area contributed by atoms with Crippen molar-refractivity contribution >= 4 is 17.3 Å². The molecule has 2 heterocycles. The smallest absolute Gasteiger partial charge is 0.159 e. The number of hydrogen-bond donors (Lipinski definition) is 2. The van der Waals surface area contributed by atoms with Gasteiger partial charge in [-0.2, -0.15) is 0 Å². The lowest BCUT2D eigenvalue weighted by Gasteiger charge is -2.44. The second-order valence-electron chi connectivity index (χ2n) is 9.24. The minimum absolute atomic E-state index is 0.0130. The Balaban J connectivity index is 1.61. The number of hydrogen-bond acceptors (Lipinski definition) is 7. The SMILES string of the molecule is CC(C)c1cc(OCCO)ccc1N1CCN(C[C@@H](O)c2ncc(F)cn2)C[C@H]1c1ccc(Cl)cc1. The molecule has 1 aliphatic heterocycles. The first kappa shape index (κ1) is 26.3. The molecule has 0 saturated carbocycles. The molecule has 0 amide bonds. The fourth-order valence-corrected chi connectivity index (χ4v) is 4.72. The number of aliphatic hydroxyl groups is 2. The molecule has 0 aliphatic carbocycles. The van der Waals surface area contributed by atoms with Gasteiger partial charge < -0.3 is 19.8 Å².